The van der Waals surface area contributed by atoms with Crippen LogP contribution in [0.25, 0.3) is 0 Å². The molecule has 4 nitrogen and oxygen atoms in total. The number of halogens is 1. The van der Waals surface area contributed by atoms with Crippen LogP contribution in [-0.2, 0) is 5.88 Å². The van der Waals surface area contributed by atoms with Gasteiger partial charge in [-0.25, -0.2) is 0 Å². The molecular weight excluding hydrogens is 178 g/mol. The van der Waals surface area contributed by atoms with E-state index in [0.717, 1.165) is 5.56 Å². The minimum atomic E-state index is -0.137. The molecule has 0 spiro atoms. The van der Waals surface area contributed by atoms with Crippen LogP contribution in [0.1, 0.15) is 11.3 Å². The van der Waals surface area contributed by atoms with Crippen molar-refractivity contribution in [2.24, 2.45) is 0 Å². The topological polar surface area (TPSA) is 69.0 Å². The van der Waals surface area contributed by atoms with Crippen molar-refractivity contribution < 1.29 is 5.21 Å². The predicted molar refractivity (Wildman–Crippen MR) is 45.5 cm³/mol. The fraction of sp³-hybridized carbons (Fsp3) is 0.143. The van der Waals surface area contributed by atoms with E-state index in [0.29, 0.717) is 11.6 Å². The number of nitrogens with one attached hydrogen (secondary N) is 2. The first-order chi connectivity index (χ1) is 5.77. The van der Waals surface area contributed by atoms with Gasteiger partial charge in [0.2, 0.25) is 0 Å². The highest BCUT2D eigenvalue weighted by atomic mass is 35.5. The average molecular weight is 186 g/mol. The number of amidine groups is 1. The Morgan fingerprint density at radius 2 is 2.50 bits per heavy atom. The van der Waals surface area contributed by atoms with Crippen molar-refractivity contribution in [3.8, 4) is 0 Å². The summed E-state index contributed by atoms with van der Waals surface area (Å²) in [6, 6.07) is 3.39. The van der Waals surface area contributed by atoms with Crippen LogP contribution in [0.15, 0.2) is 18.3 Å². The third-order valence-corrected chi connectivity index (χ3v) is 1.66. The second-order valence-corrected chi connectivity index (χ2v) is 2.44. The van der Waals surface area contributed by atoms with E-state index in [4.69, 9.17) is 22.2 Å². The number of nitrogens with zero attached hydrogens (tertiary/aromatic N) is 1. The highest BCUT2D eigenvalue weighted by Crippen LogP contribution is 2.04. The summed E-state index contributed by atoms with van der Waals surface area (Å²) in [5.74, 6) is 0.232. The Kier molecular flexibility index (Phi) is 3.01. The van der Waals surface area contributed by atoms with Crippen molar-refractivity contribution >= 4 is 17.4 Å². The highest BCUT2D eigenvalue weighted by Gasteiger charge is 2.01. The fourth-order valence-electron chi connectivity index (χ4n) is 0.751. The summed E-state index contributed by atoms with van der Waals surface area (Å²) >= 11 is 5.57. The first-order valence-electron chi connectivity index (χ1n) is 3.28. The molecule has 1 aromatic heterocycles. The molecule has 0 bridgehead atoms. The van der Waals surface area contributed by atoms with Crippen LogP contribution in [-0.4, -0.2) is 16.0 Å². The number of pyridine rings is 1. The molecule has 0 radical (unpaired) electrons. The molecule has 5 heteroatoms. The van der Waals surface area contributed by atoms with Crippen LogP contribution in [0.4, 0.5) is 0 Å². The van der Waals surface area contributed by atoms with Gasteiger partial charge in [-0.05, 0) is 17.7 Å². The maximum Gasteiger partial charge on any atom is 0.168 e. The largest absolute Gasteiger partial charge is 0.290 e. The predicted octanol–water partition coefficient (Wildman–Crippen LogP) is 1.12. The Labute approximate surface area is 74.7 Å². The molecule has 0 aliphatic rings. The van der Waals surface area contributed by atoms with Crippen LogP contribution in [0.5, 0.6) is 0 Å². The molecule has 0 fully saturated rings. The van der Waals surface area contributed by atoms with Crippen molar-refractivity contribution in [3.63, 3.8) is 0 Å². The summed E-state index contributed by atoms with van der Waals surface area (Å²) in [5, 5.41) is 15.6. The number of rotatable bonds is 2. The Hall–Kier alpha value is -1.13. The Bertz CT molecular complexity index is 290. The number of alkyl halides is 1. The van der Waals surface area contributed by atoms with E-state index in [-0.39, 0.29) is 5.84 Å². The molecule has 0 aliphatic carbocycles. The SMILES string of the molecule is N=C(NO)c1cc(CCl)ccn1. The number of hydrogen-bond acceptors (Lipinski definition) is 3. The van der Waals surface area contributed by atoms with Crippen LogP contribution in [0, 0.1) is 5.41 Å². The van der Waals surface area contributed by atoms with Gasteiger partial charge < -0.3 is 0 Å². The van der Waals surface area contributed by atoms with E-state index in [9.17, 15) is 0 Å². The summed E-state index contributed by atoms with van der Waals surface area (Å²) in [5.41, 5.74) is 2.94. The van der Waals surface area contributed by atoms with Gasteiger partial charge in [0.25, 0.3) is 0 Å². The van der Waals surface area contributed by atoms with E-state index in [2.05, 4.69) is 4.98 Å². The maximum atomic E-state index is 8.40. The van der Waals surface area contributed by atoms with Gasteiger partial charge in [-0.15, -0.1) is 11.6 Å². The normalized spacial score (nSPS) is 9.50. The summed E-state index contributed by atoms with van der Waals surface area (Å²) < 4.78 is 0. The van der Waals surface area contributed by atoms with Gasteiger partial charge >= 0.3 is 0 Å². The molecule has 0 unspecified atom stereocenters. The van der Waals surface area contributed by atoms with Gasteiger partial charge in [-0.3, -0.25) is 21.1 Å². The molecule has 0 aromatic carbocycles. The maximum absolute atomic E-state index is 8.40. The van der Waals surface area contributed by atoms with E-state index in [1.54, 1.807) is 23.8 Å². The van der Waals surface area contributed by atoms with Crippen LogP contribution in [0.3, 0.4) is 0 Å². The van der Waals surface area contributed by atoms with Gasteiger partial charge in [-0.2, -0.15) is 0 Å². The van der Waals surface area contributed by atoms with Gasteiger partial charge in [0.15, 0.2) is 5.84 Å². The molecule has 1 heterocycles. The number of aromatic nitrogens is 1. The monoisotopic (exact) mass is 185 g/mol. The fourth-order valence-corrected chi connectivity index (χ4v) is 0.918. The first-order valence-corrected chi connectivity index (χ1v) is 3.81. The molecule has 12 heavy (non-hydrogen) atoms. The molecule has 0 amide bonds. The smallest absolute Gasteiger partial charge is 0.168 e. The molecule has 1 aromatic rings. The van der Waals surface area contributed by atoms with Crippen molar-refractivity contribution in [2.45, 2.75) is 5.88 Å². The standard InChI is InChI=1S/C7H8ClN3O/c8-4-5-1-2-10-6(3-5)7(9)11-12/h1-3,12H,4H2,(H2,9,11). The zero-order chi connectivity index (χ0) is 8.97. The molecule has 3 N–H and O–H groups in total. The van der Waals surface area contributed by atoms with E-state index in [1.165, 1.54) is 0 Å². The second kappa shape index (κ2) is 4.04. The van der Waals surface area contributed by atoms with Crippen molar-refractivity contribution in [1.29, 1.82) is 5.41 Å². The molecule has 0 aliphatic heterocycles. The minimum absolute atomic E-state index is 0.137. The summed E-state index contributed by atoms with van der Waals surface area (Å²) in [7, 11) is 0. The Morgan fingerprint density at radius 1 is 1.75 bits per heavy atom. The number of hydroxylamine groups is 1. The van der Waals surface area contributed by atoms with Gasteiger partial charge in [-0.1, -0.05) is 0 Å². The average Bonchev–Trinajstić information content (AvgIpc) is 2.17. The molecule has 0 saturated carbocycles. The van der Waals surface area contributed by atoms with Gasteiger partial charge in [0, 0.05) is 12.1 Å². The zero-order valence-electron chi connectivity index (χ0n) is 6.21. The number of hydrogen-bond donors (Lipinski definition) is 3. The third kappa shape index (κ3) is 1.93. The van der Waals surface area contributed by atoms with Crippen LogP contribution >= 0.6 is 11.6 Å². The van der Waals surface area contributed by atoms with Crippen molar-refractivity contribution in [3.05, 3.63) is 29.6 Å². The van der Waals surface area contributed by atoms with Gasteiger partial charge in [0.1, 0.15) is 5.69 Å². The summed E-state index contributed by atoms with van der Waals surface area (Å²) in [6.07, 6.45) is 1.54. The third-order valence-electron chi connectivity index (χ3n) is 1.35. The van der Waals surface area contributed by atoms with Gasteiger partial charge in [0.05, 0.1) is 0 Å². The molecular formula is C7H8ClN3O. The van der Waals surface area contributed by atoms with Crippen LogP contribution < -0.4 is 5.48 Å². The minimum Gasteiger partial charge on any atom is -0.290 e. The molecule has 1 rings (SSSR count). The lowest BCUT2D eigenvalue weighted by Gasteiger charge is -2.01. The zero-order valence-corrected chi connectivity index (χ0v) is 6.97. The first kappa shape index (κ1) is 8.96. The lowest BCUT2D eigenvalue weighted by atomic mass is 10.2. The molecule has 0 atom stereocenters. The Morgan fingerprint density at radius 3 is 3.08 bits per heavy atom. The van der Waals surface area contributed by atoms with Crippen molar-refractivity contribution in [2.75, 3.05) is 0 Å². The van der Waals surface area contributed by atoms with E-state index < -0.39 is 0 Å². The van der Waals surface area contributed by atoms with E-state index in [1.807, 2.05) is 0 Å². The van der Waals surface area contributed by atoms with E-state index >= 15 is 0 Å². The second-order valence-electron chi connectivity index (χ2n) is 2.17. The van der Waals surface area contributed by atoms with Crippen molar-refractivity contribution in [1.82, 2.24) is 10.5 Å². The van der Waals surface area contributed by atoms with Crippen LogP contribution in [0.2, 0.25) is 0 Å². The highest BCUT2D eigenvalue weighted by molar-refractivity contribution is 6.17. The Balaban J connectivity index is 2.93. The quantitative estimate of drug-likeness (QED) is 0.280. The summed E-state index contributed by atoms with van der Waals surface area (Å²) in [4.78, 5) is 3.85. The lowest BCUT2D eigenvalue weighted by molar-refractivity contribution is 0.234. The summed E-state index contributed by atoms with van der Waals surface area (Å²) in [6.45, 7) is 0. The molecule has 64 valence electrons. The molecule has 0 saturated heterocycles. The lowest BCUT2D eigenvalue weighted by Crippen LogP contribution is -2.19.